The molecule has 3 nitrogen and oxygen atoms in total. The van der Waals surface area contributed by atoms with Gasteiger partial charge in [-0.05, 0) is 36.2 Å². The van der Waals surface area contributed by atoms with Gasteiger partial charge >= 0.3 is 5.97 Å². The lowest BCUT2D eigenvalue weighted by Gasteiger charge is -2.22. The van der Waals surface area contributed by atoms with Crippen LogP contribution in [0.15, 0.2) is 24.3 Å². The average molecular weight is 279 g/mol. The molecule has 0 saturated carbocycles. The van der Waals surface area contributed by atoms with Gasteiger partial charge in [0.1, 0.15) is 5.82 Å². The first kappa shape index (κ1) is 16.4. The Labute approximate surface area is 119 Å². The number of aliphatic carboxylic acids is 1. The van der Waals surface area contributed by atoms with Crippen molar-refractivity contribution in [3.8, 4) is 0 Å². The molecule has 0 saturated heterocycles. The van der Waals surface area contributed by atoms with Crippen molar-refractivity contribution in [1.82, 2.24) is 4.90 Å². The average Bonchev–Trinajstić information content (AvgIpc) is 2.37. The molecule has 4 heteroatoms. The third kappa shape index (κ3) is 5.53. The molecule has 0 spiro atoms. The second kappa shape index (κ2) is 7.80. The second-order valence-electron chi connectivity index (χ2n) is 5.25. The van der Waals surface area contributed by atoms with Crippen LogP contribution in [0.5, 0.6) is 0 Å². The predicted octanol–water partition coefficient (Wildman–Crippen LogP) is 3.40. The zero-order valence-electron chi connectivity index (χ0n) is 12.3. The van der Waals surface area contributed by atoms with E-state index in [1.165, 1.54) is 12.1 Å². The maximum Gasteiger partial charge on any atom is 0.328 e. The highest BCUT2D eigenvalue weighted by Gasteiger charge is 2.08. The lowest BCUT2D eigenvalue weighted by Crippen LogP contribution is -2.27. The highest BCUT2D eigenvalue weighted by Crippen LogP contribution is 2.15. The van der Waals surface area contributed by atoms with E-state index in [4.69, 9.17) is 5.11 Å². The van der Waals surface area contributed by atoms with Crippen LogP contribution in [0.1, 0.15) is 31.9 Å². The molecule has 0 aliphatic carbocycles. The summed E-state index contributed by atoms with van der Waals surface area (Å²) in [7, 11) is 0. The Morgan fingerprint density at radius 3 is 2.70 bits per heavy atom. The van der Waals surface area contributed by atoms with Gasteiger partial charge in [0.2, 0.25) is 0 Å². The van der Waals surface area contributed by atoms with Crippen molar-refractivity contribution in [1.29, 1.82) is 0 Å². The van der Waals surface area contributed by atoms with E-state index >= 15 is 0 Å². The van der Waals surface area contributed by atoms with Crippen LogP contribution in [0.3, 0.4) is 0 Å². The zero-order chi connectivity index (χ0) is 15.1. The quantitative estimate of drug-likeness (QED) is 0.778. The minimum Gasteiger partial charge on any atom is -0.478 e. The molecule has 0 unspecified atom stereocenters. The minimum absolute atomic E-state index is 0.311. The SMILES string of the molecule is CCN(Cc1ccc(F)c(C=CC(=O)O)c1)CC(C)C. The van der Waals surface area contributed by atoms with Crippen molar-refractivity contribution < 1.29 is 14.3 Å². The highest BCUT2D eigenvalue weighted by atomic mass is 19.1. The fraction of sp³-hybridized carbons (Fsp3) is 0.438. The third-order valence-electron chi connectivity index (χ3n) is 2.94. The number of carbonyl (C=O) groups is 1. The molecule has 0 amide bonds. The van der Waals surface area contributed by atoms with E-state index in [2.05, 4.69) is 25.7 Å². The van der Waals surface area contributed by atoms with Crippen molar-refractivity contribution in [3.63, 3.8) is 0 Å². The van der Waals surface area contributed by atoms with Gasteiger partial charge in [0, 0.05) is 24.7 Å². The molecule has 0 aliphatic rings. The number of carboxylic acid groups (broad SMARTS) is 1. The summed E-state index contributed by atoms with van der Waals surface area (Å²) in [6, 6.07) is 4.84. The third-order valence-corrected chi connectivity index (χ3v) is 2.94. The van der Waals surface area contributed by atoms with E-state index in [-0.39, 0.29) is 0 Å². The first-order chi connectivity index (χ1) is 9.42. The van der Waals surface area contributed by atoms with Crippen molar-refractivity contribution >= 4 is 12.0 Å². The van der Waals surface area contributed by atoms with Gasteiger partial charge in [-0.2, -0.15) is 0 Å². The summed E-state index contributed by atoms with van der Waals surface area (Å²) in [6.07, 6.45) is 2.24. The Kier molecular flexibility index (Phi) is 6.39. The predicted molar refractivity (Wildman–Crippen MR) is 78.9 cm³/mol. The van der Waals surface area contributed by atoms with Crippen LogP contribution in [0.2, 0.25) is 0 Å². The van der Waals surface area contributed by atoms with Crippen molar-refractivity contribution in [2.75, 3.05) is 13.1 Å². The molecule has 1 rings (SSSR count). The summed E-state index contributed by atoms with van der Waals surface area (Å²) >= 11 is 0. The summed E-state index contributed by atoms with van der Waals surface area (Å²) < 4.78 is 13.6. The monoisotopic (exact) mass is 279 g/mol. The van der Waals surface area contributed by atoms with Crippen LogP contribution in [-0.2, 0) is 11.3 Å². The molecule has 0 heterocycles. The molecule has 0 aromatic heterocycles. The van der Waals surface area contributed by atoms with Gasteiger partial charge in [0.15, 0.2) is 0 Å². The number of nitrogens with zero attached hydrogens (tertiary/aromatic N) is 1. The molecule has 0 aliphatic heterocycles. The minimum atomic E-state index is -1.08. The van der Waals surface area contributed by atoms with E-state index in [9.17, 15) is 9.18 Å². The zero-order valence-corrected chi connectivity index (χ0v) is 12.3. The topological polar surface area (TPSA) is 40.5 Å². The van der Waals surface area contributed by atoms with Crippen LogP contribution in [0.25, 0.3) is 6.08 Å². The summed E-state index contributed by atoms with van der Waals surface area (Å²) in [5.41, 5.74) is 1.30. The lowest BCUT2D eigenvalue weighted by atomic mass is 10.1. The van der Waals surface area contributed by atoms with Crippen LogP contribution in [0.4, 0.5) is 4.39 Å². The Hall–Kier alpha value is -1.68. The number of carboxylic acids is 1. The molecule has 0 atom stereocenters. The lowest BCUT2D eigenvalue weighted by molar-refractivity contribution is -0.131. The number of hydrogen-bond donors (Lipinski definition) is 1. The molecule has 110 valence electrons. The smallest absolute Gasteiger partial charge is 0.328 e. The fourth-order valence-electron chi connectivity index (χ4n) is 2.06. The van der Waals surface area contributed by atoms with Crippen LogP contribution >= 0.6 is 0 Å². The highest BCUT2D eigenvalue weighted by molar-refractivity contribution is 5.85. The number of benzene rings is 1. The molecule has 1 aromatic carbocycles. The summed E-state index contributed by atoms with van der Waals surface area (Å²) in [5.74, 6) is -0.912. The summed E-state index contributed by atoms with van der Waals surface area (Å²) in [4.78, 5) is 12.8. The number of hydrogen-bond acceptors (Lipinski definition) is 2. The number of halogens is 1. The van der Waals surface area contributed by atoms with Crippen molar-refractivity contribution in [3.05, 3.63) is 41.2 Å². The Morgan fingerprint density at radius 2 is 2.15 bits per heavy atom. The molecule has 0 radical (unpaired) electrons. The molecule has 0 bridgehead atoms. The van der Waals surface area contributed by atoms with Crippen LogP contribution in [0, 0.1) is 11.7 Å². The first-order valence-corrected chi connectivity index (χ1v) is 6.84. The van der Waals surface area contributed by atoms with Gasteiger partial charge in [-0.3, -0.25) is 4.90 Å². The summed E-state index contributed by atoms with van der Waals surface area (Å²) in [6.45, 7) is 9.06. The van der Waals surface area contributed by atoms with Gasteiger partial charge in [0.25, 0.3) is 0 Å². The van der Waals surface area contributed by atoms with Gasteiger partial charge in [-0.15, -0.1) is 0 Å². The second-order valence-corrected chi connectivity index (χ2v) is 5.25. The molecule has 20 heavy (non-hydrogen) atoms. The van der Waals surface area contributed by atoms with E-state index in [1.807, 2.05) is 0 Å². The van der Waals surface area contributed by atoms with Gasteiger partial charge in [-0.1, -0.05) is 26.8 Å². The molecule has 0 fully saturated rings. The van der Waals surface area contributed by atoms with Gasteiger partial charge in [0.05, 0.1) is 0 Å². The van der Waals surface area contributed by atoms with Gasteiger partial charge in [-0.25, -0.2) is 9.18 Å². The molecule has 1 N–H and O–H groups in total. The van der Waals surface area contributed by atoms with E-state index < -0.39 is 11.8 Å². The molecule has 1 aromatic rings. The fourth-order valence-corrected chi connectivity index (χ4v) is 2.06. The standard InChI is InChI=1S/C16H22FNO2/c1-4-18(10-12(2)3)11-13-5-7-15(17)14(9-13)6-8-16(19)20/h5-9,12H,4,10-11H2,1-3H3,(H,19,20). The van der Waals surface area contributed by atoms with Crippen LogP contribution in [-0.4, -0.2) is 29.1 Å². The van der Waals surface area contributed by atoms with Gasteiger partial charge < -0.3 is 5.11 Å². The molecular formula is C16H22FNO2. The molecular weight excluding hydrogens is 257 g/mol. The number of rotatable bonds is 7. The van der Waals surface area contributed by atoms with E-state index in [0.717, 1.165) is 31.3 Å². The maximum atomic E-state index is 13.6. The Morgan fingerprint density at radius 1 is 1.45 bits per heavy atom. The Balaban J connectivity index is 2.85. The summed E-state index contributed by atoms with van der Waals surface area (Å²) in [5, 5.41) is 8.60. The van der Waals surface area contributed by atoms with Crippen molar-refractivity contribution in [2.45, 2.75) is 27.3 Å². The van der Waals surface area contributed by atoms with Crippen molar-refractivity contribution in [2.24, 2.45) is 5.92 Å². The first-order valence-electron chi connectivity index (χ1n) is 6.84. The normalized spacial score (nSPS) is 11.7. The van der Waals surface area contributed by atoms with E-state index in [1.54, 1.807) is 12.1 Å². The van der Waals surface area contributed by atoms with E-state index in [0.29, 0.717) is 11.5 Å². The Bertz CT molecular complexity index is 483. The maximum absolute atomic E-state index is 13.6. The van der Waals surface area contributed by atoms with Crippen LogP contribution < -0.4 is 0 Å². The largest absolute Gasteiger partial charge is 0.478 e.